The van der Waals surface area contributed by atoms with E-state index >= 15 is 0 Å². The highest BCUT2D eigenvalue weighted by Gasteiger charge is 2.27. The highest BCUT2D eigenvalue weighted by molar-refractivity contribution is 6.30. The Kier molecular flexibility index (Phi) is 11.1. The SMILES string of the molecule is NC(=O)C(CCC(=O)O)CC(=O)[C@H](CCC(=O)O)NC(=O)CCc1ccc(-c2cccc(Cl)c2)cc1. The molecule has 0 aliphatic carbocycles. The van der Waals surface area contributed by atoms with Gasteiger partial charge in [-0.25, -0.2) is 0 Å². The fourth-order valence-corrected chi connectivity index (χ4v) is 3.86. The molecule has 0 heterocycles. The minimum atomic E-state index is -1.14. The van der Waals surface area contributed by atoms with E-state index in [0.717, 1.165) is 16.7 Å². The van der Waals surface area contributed by atoms with Crippen LogP contribution >= 0.6 is 11.6 Å². The van der Waals surface area contributed by atoms with E-state index in [-0.39, 0.29) is 38.5 Å². The Morgan fingerprint density at radius 2 is 1.50 bits per heavy atom. The normalized spacial score (nSPS) is 12.4. The molecule has 0 fully saturated rings. The van der Waals surface area contributed by atoms with Crippen molar-refractivity contribution in [3.8, 4) is 11.1 Å². The van der Waals surface area contributed by atoms with Gasteiger partial charge in [-0.05, 0) is 48.1 Å². The zero-order valence-corrected chi connectivity index (χ0v) is 20.4. The van der Waals surface area contributed by atoms with Crippen molar-refractivity contribution >= 4 is 41.1 Å². The minimum absolute atomic E-state index is 0.0611. The third-order valence-electron chi connectivity index (χ3n) is 5.68. The summed E-state index contributed by atoms with van der Waals surface area (Å²) in [5.41, 5.74) is 8.12. The molecular weight excluding hydrogens is 488 g/mol. The van der Waals surface area contributed by atoms with Crippen LogP contribution in [0.2, 0.25) is 5.02 Å². The molecule has 10 heteroatoms. The van der Waals surface area contributed by atoms with Crippen LogP contribution in [0.15, 0.2) is 48.5 Å². The van der Waals surface area contributed by atoms with Crippen molar-refractivity contribution in [2.45, 2.75) is 51.0 Å². The van der Waals surface area contributed by atoms with Crippen LogP contribution in [0.4, 0.5) is 0 Å². The van der Waals surface area contributed by atoms with Crippen LogP contribution in [-0.2, 0) is 30.4 Å². The zero-order chi connectivity index (χ0) is 26.7. The van der Waals surface area contributed by atoms with Crippen LogP contribution in [0.25, 0.3) is 11.1 Å². The summed E-state index contributed by atoms with van der Waals surface area (Å²) in [7, 11) is 0. The number of carboxylic acid groups (broad SMARTS) is 2. The predicted octanol–water partition coefficient (Wildman–Crippen LogP) is 3.21. The van der Waals surface area contributed by atoms with Gasteiger partial charge in [-0.3, -0.25) is 24.0 Å². The highest BCUT2D eigenvalue weighted by atomic mass is 35.5. The summed E-state index contributed by atoms with van der Waals surface area (Å²) in [5.74, 6) is -5.13. The van der Waals surface area contributed by atoms with Gasteiger partial charge in [-0.1, -0.05) is 48.0 Å². The number of carboxylic acids is 2. The van der Waals surface area contributed by atoms with E-state index < -0.39 is 41.5 Å². The Labute approximate surface area is 213 Å². The Morgan fingerprint density at radius 1 is 0.861 bits per heavy atom. The molecule has 2 rings (SSSR count). The molecule has 0 bridgehead atoms. The first-order chi connectivity index (χ1) is 17.0. The Balaban J connectivity index is 1.98. The number of carbonyl (C=O) groups is 5. The van der Waals surface area contributed by atoms with Gasteiger partial charge in [0.1, 0.15) is 0 Å². The van der Waals surface area contributed by atoms with E-state index in [1.807, 2.05) is 42.5 Å². The summed E-state index contributed by atoms with van der Waals surface area (Å²) in [6.45, 7) is 0. The van der Waals surface area contributed by atoms with Gasteiger partial charge in [0.05, 0.1) is 6.04 Å². The van der Waals surface area contributed by atoms with Crippen LogP contribution in [0.3, 0.4) is 0 Å². The summed E-state index contributed by atoms with van der Waals surface area (Å²) in [6.07, 6.45) is -0.908. The topological polar surface area (TPSA) is 164 Å². The number of Topliss-reactive ketones (excluding diaryl/α,β-unsaturated/α-hetero) is 1. The third kappa shape index (κ3) is 9.87. The predicted molar refractivity (Wildman–Crippen MR) is 133 cm³/mol. The smallest absolute Gasteiger partial charge is 0.303 e. The molecule has 36 heavy (non-hydrogen) atoms. The number of halogens is 1. The summed E-state index contributed by atoms with van der Waals surface area (Å²) >= 11 is 6.04. The number of carbonyl (C=O) groups excluding carboxylic acids is 3. The van der Waals surface area contributed by atoms with Crippen molar-refractivity contribution in [3.05, 3.63) is 59.1 Å². The van der Waals surface area contributed by atoms with Gasteiger partial charge >= 0.3 is 11.9 Å². The van der Waals surface area contributed by atoms with Gasteiger partial charge in [0.15, 0.2) is 5.78 Å². The molecule has 0 aliphatic heterocycles. The van der Waals surface area contributed by atoms with Gasteiger partial charge in [0.2, 0.25) is 11.8 Å². The number of ketones is 1. The molecule has 0 saturated heterocycles. The van der Waals surface area contributed by atoms with Crippen LogP contribution < -0.4 is 11.1 Å². The van der Waals surface area contributed by atoms with E-state index in [1.165, 1.54) is 0 Å². The van der Waals surface area contributed by atoms with E-state index in [0.29, 0.717) is 11.4 Å². The van der Waals surface area contributed by atoms with Gasteiger partial charge in [0, 0.05) is 36.6 Å². The molecule has 0 saturated carbocycles. The van der Waals surface area contributed by atoms with Crippen molar-refractivity contribution in [2.75, 3.05) is 0 Å². The van der Waals surface area contributed by atoms with Crippen LogP contribution in [0, 0.1) is 5.92 Å². The van der Waals surface area contributed by atoms with E-state index in [4.69, 9.17) is 27.5 Å². The van der Waals surface area contributed by atoms with E-state index in [9.17, 15) is 24.0 Å². The molecule has 192 valence electrons. The second-order valence-electron chi connectivity index (χ2n) is 8.46. The number of hydrogen-bond donors (Lipinski definition) is 4. The fourth-order valence-electron chi connectivity index (χ4n) is 3.67. The molecule has 0 aliphatic rings. The Morgan fingerprint density at radius 3 is 2.08 bits per heavy atom. The zero-order valence-electron chi connectivity index (χ0n) is 19.6. The first kappa shape index (κ1) is 28.5. The van der Waals surface area contributed by atoms with Crippen LogP contribution in [0.5, 0.6) is 0 Å². The number of nitrogens with two attached hydrogens (primary N) is 1. The van der Waals surface area contributed by atoms with Gasteiger partial charge in [-0.15, -0.1) is 0 Å². The van der Waals surface area contributed by atoms with Crippen LogP contribution in [-0.4, -0.2) is 45.8 Å². The first-order valence-electron chi connectivity index (χ1n) is 11.4. The van der Waals surface area contributed by atoms with Crippen molar-refractivity contribution in [2.24, 2.45) is 11.7 Å². The Hall–Kier alpha value is -3.72. The van der Waals surface area contributed by atoms with Gasteiger partial charge in [-0.2, -0.15) is 0 Å². The van der Waals surface area contributed by atoms with E-state index in [1.54, 1.807) is 6.07 Å². The summed E-state index contributed by atoms with van der Waals surface area (Å²) in [6, 6.07) is 13.9. The van der Waals surface area contributed by atoms with Crippen molar-refractivity contribution in [1.29, 1.82) is 0 Å². The number of amides is 2. The van der Waals surface area contributed by atoms with Crippen LogP contribution in [0.1, 0.15) is 44.1 Å². The summed E-state index contributed by atoms with van der Waals surface area (Å²) in [4.78, 5) is 58.7. The number of hydrogen-bond acceptors (Lipinski definition) is 5. The maximum atomic E-state index is 12.7. The molecule has 0 aromatic heterocycles. The largest absolute Gasteiger partial charge is 0.481 e. The molecule has 2 aromatic carbocycles. The van der Waals surface area contributed by atoms with Crippen molar-refractivity contribution < 1.29 is 34.2 Å². The average Bonchev–Trinajstić information content (AvgIpc) is 2.82. The highest BCUT2D eigenvalue weighted by Crippen LogP contribution is 2.23. The molecule has 0 radical (unpaired) electrons. The lowest BCUT2D eigenvalue weighted by Crippen LogP contribution is -2.43. The number of nitrogens with one attached hydrogen (secondary N) is 1. The molecule has 2 atom stereocenters. The van der Waals surface area contributed by atoms with Crippen molar-refractivity contribution in [1.82, 2.24) is 5.32 Å². The van der Waals surface area contributed by atoms with E-state index in [2.05, 4.69) is 5.32 Å². The fraction of sp³-hybridized carbons (Fsp3) is 0.346. The lowest BCUT2D eigenvalue weighted by Gasteiger charge is -2.19. The third-order valence-corrected chi connectivity index (χ3v) is 5.92. The second-order valence-corrected chi connectivity index (χ2v) is 8.90. The quantitative estimate of drug-likeness (QED) is 0.282. The molecule has 2 amide bonds. The molecule has 0 spiro atoms. The average molecular weight is 517 g/mol. The monoisotopic (exact) mass is 516 g/mol. The lowest BCUT2D eigenvalue weighted by atomic mass is 9.92. The molecule has 9 nitrogen and oxygen atoms in total. The number of aryl methyl sites for hydroxylation is 1. The van der Waals surface area contributed by atoms with Gasteiger partial charge < -0.3 is 21.3 Å². The summed E-state index contributed by atoms with van der Waals surface area (Å²) in [5, 5.41) is 21.0. The first-order valence-corrected chi connectivity index (χ1v) is 11.8. The lowest BCUT2D eigenvalue weighted by molar-refractivity contribution is -0.139. The standard InChI is InChI=1S/C26H29ClN2O7/c27-20-3-1-2-18(14-20)17-7-4-16(5-8-17)6-11-23(31)29-21(10-13-25(34)35)22(30)15-19(26(28)36)9-12-24(32)33/h1-5,7-8,14,19,21H,6,9-13,15H2,(H2,28,36)(H,29,31)(H,32,33)(H,34,35)/t19?,21-/m0/s1. The number of primary amides is 1. The maximum absolute atomic E-state index is 12.7. The van der Waals surface area contributed by atoms with Gasteiger partial charge in [0.25, 0.3) is 0 Å². The number of benzene rings is 2. The number of aliphatic carboxylic acids is 2. The minimum Gasteiger partial charge on any atom is -0.481 e. The second kappa shape index (κ2) is 14.0. The Bertz CT molecular complexity index is 1100. The van der Waals surface area contributed by atoms with Crippen molar-refractivity contribution in [3.63, 3.8) is 0 Å². The summed E-state index contributed by atoms with van der Waals surface area (Å²) < 4.78 is 0. The maximum Gasteiger partial charge on any atom is 0.303 e. The molecule has 1 unspecified atom stereocenters. The molecular formula is C26H29ClN2O7. The molecule has 5 N–H and O–H groups in total. The number of rotatable bonds is 15. The molecule has 2 aromatic rings.